The molecule has 1 saturated carbocycles. The maximum absolute atomic E-state index is 9.18. The summed E-state index contributed by atoms with van der Waals surface area (Å²) in [7, 11) is 0. The van der Waals surface area contributed by atoms with Crippen molar-refractivity contribution in [1.82, 2.24) is 4.98 Å². The summed E-state index contributed by atoms with van der Waals surface area (Å²) in [6, 6.07) is 16.2. The molecule has 0 amide bonds. The van der Waals surface area contributed by atoms with Crippen LogP contribution in [0.25, 0.3) is 33.2 Å². The SMILES string of the molecule is N#Cc1ccc2c(c1)oc1c(-c3cc(C4CCCCC4)c(Br)cn3)cccc12. The number of benzene rings is 2. The highest BCUT2D eigenvalue weighted by molar-refractivity contribution is 9.10. The Morgan fingerprint density at radius 2 is 1.89 bits per heavy atom. The summed E-state index contributed by atoms with van der Waals surface area (Å²) in [5.41, 5.74) is 5.47. The van der Waals surface area contributed by atoms with Crippen LogP contribution in [0.15, 0.2) is 57.6 Å². The van der Waals surface area contributed by atoms with E-state index in [0.717, 1.165) is 37.7 Å². The van der Waals surface area contributed by atoms with Crippen molar-refractivity contribution in [3.8, 4) is 17.3 Å². The smallest absolute Gasteiger partial charge is 0.144 e. The minimum atomic E-state index is 0.595. The van der Waals surface area contributed by atoms with E-state index >= 15 is 0 Å². The van der Waals surface area contributed by atoms with Crippen molar-refractivity contribution >= 4 is 37.9 Å². The van der Waals surface area contributed by atoms with E-state index in [9.17, 15) is 5.26 Å². The van der Waals surface area contributed by atoms with Crippen molar-refractivity contribution in [1.29, 1.82) is 5.26 Å². The molecule has 3 nitrogen and oxygen atoms in total. The number of nitriles is 1. The summed E-state index contributed by atoms with van der Waals surface area (Å²) >= 11 is 3.72. The highest BCUT2D eigenvalue weighted by Gasteiger charge is 2.20. The fourth-order valence-corrected chi connectivity index (χ4v) is 4.94. The molecule has 0 aliphatic heterocycles. The van der Waals surface area contributed by atoms with Gasteiger partial charge in [0, 0.05) is 27.0 Å². The lowest BCUT2D eigenvalue weighted by molar-refractivity contribution is 0.442. The Bertz CT molecular complexity index is 1230. The Kier molecular flexibility index (Phi) is 4.41. The highest BCUT2D eigenvalue weighted by atomic mass is 79.9. The Labute approximate surface area is 172 Å². The summed E-state index contributed by atoms with van der Waals surface area (Å²) < 4.78 is 7.29. The molecule has 2 aromatic carbocycles. The summed E-state index contributed by atoms with van der Waals surface area (Å²) in [6.45, 7) is 0. The first-order chi connectivity index (χ1) is 13.7. The quantitative estimate of drug-likeness (QED) is 0.334. The Morgan fingerprint density at radius 3 is 2.71 bits per heavy atom. The molecule has 0 unspecified atom stereocenters. The lowest BCUT2D eigenvalue weighted by Gasteiger charge is -2.23. The van der Waals surface area contributed by atoms with Gasteiger partial charge in [-0.05, 0) is 70.6 Å². The summed E-state index contributed by atoms with van der Waals surface area (Å²) in [5.74, 6) is 0.595. The van der Waals surface area contributed by atoms with Crippen molar-refractivity contribution in [2.75, 3.05) is 0 Å². The van der Waals surface area contributed by atoms with Crippen LogP contribution in [0.3, 0.4) is 0 Å². The zero-order valence-electron chi connectivity index (χ0n) is 15.4. The maximum Gasteiger partial charge on any atom is 0.144 e. The standard InChI is InChI=1S/C24H19BrN2O/c25-21-14-27-22(12-20(21)16-5-2-1-3-6-16)19-8-4-7-18-17-10-9-15(13-26)11-23(17)28-24(18)19/h4,7-12,14,16H,1-3,5-6H2. The van der Waals surface area contributed by atoms with Crippen molar-refractivity contribution in [2.45, 2.75) is 38.0 Å². The number of hydrogen-bond acceptors (Lipinski definition) is 3. The summed E-state index contributed by atoms with van der Waals surface area (Å²) in [6.07, 6.45) is 8.36. The molecule has 2 aromatic heterocycles. The van der Waals surface area contributed by atoms with E-state index in [1.807, 2.05) is 24.4 Å². The van der Waals surface area contributed by atoms with E-state index in [-0.39, 0.29) is 0 Å². The topological polar surface area (TPSA) is 49.8 Å². The number of pyridine rings is 1. The largest absolute Gasteiger partial charge is 0.455 e. The van der Waals surface area contributed by atoms with Crippen LogP contribution in [0.5, 0.6) is 0 Å². The summed E-state index contributed by atoms with van der Waals surface area (Å²) in [5, 5.41) is 11.3. The minimum absolute atomic E-state index is 0.595. The molecule has 0 N–H and O–H groups in total. The molecule has 1 aliphatic carbocycles. The molecule has 0 bridgehead atoms. The Morgan fingerprint density at radius 1 is 1.04 bits per heavy atom. The number of aromatic nitrogens is 1. The second-order valence-electron chi connectivity index (χ2n) is 7.53. The molecule has 138 valence electrons. The monoisotopic (exact) mass is 430 g/mol. The Hall–Kier alpha value is -2.64. The van der Waals surface area contributed by atoms with Crippen LogP contribution in [-0.2, 0) is 0 Å². The molecule has 28 heavy (non-hydrogen) atoms. The van der Waals surface area contributed by atoms with Gasteiger partial charge >= 0.3 is 0 Å². The lowest BCUT2D eigenvalue weighted by atomic mass is 9.84. The van der Waals surface area contributed by atoms with Gasteiger partial charge in [-0.15, -0.1) is 0 Å². The number of para-hydroxylation sites is 1. The van der Waals surface area contributed by atoms with Gasteiger partial charge in [0.25, 0.3) is 0 Å². The fraction of sp³-hybridized carbons (Fsp3) is 0.250. The van der Waals surface area contributed by atoms with Crippen molar-refractivity contribution < 1.29 is 4.42 Å². The van der Waals surface area contributed by atoms with Crippen LogP contribution in [0, 0.1) is 11.3 Å². The third-order valence-electron chi connectivity index (χ3n) is 5.83. The van der Waals surface area contributed by atoms with Gasteiger partial charge < -0.3 is 4.42 Å². The molecule has 4 aromatic rings. The molecule has 1 aliphatic rings. The van der Waals surface area contributed by atoms with Gasteiger partial charge in [0.1, 0.15) is 11.2 Å². The number of furan rings is 1. The van der Waals surface area contributed by atoms with E-state index in [2.05, 4.69) is 46.3 Å². The predicted octanol–water partition coefficient (Wildman–Crippen LogP) is 7.33. The average Bonchev–Trinajstić information content (AvgIpc) is 3.12. The second kappa shape index (κ2) is 7.07. The van der Waals surface area contributed by atoms with Crippen molar-refractivity contribution in [3.05, 3.63) is 64.3 Å². The molecule has 0 atom stereocenters. The van der Waals surface area contributed by atoms with E-state index in [4.69, 9.17) is 9.40 Å². The van der Waals surface area contributed by atoms with Gasteiger partial charge in [-0.2, -0.15) is 5.26 Å². The normalized spacial score (nSPS) is 15.1. The fourth-order valence-electron chi connectivity index (χ4n) is 4.40. The van der Waals surface area contributed by atoms with Crippen molar-refractivity contribution in [2.24, 2.45) is 0 Å². The van der Waals surface area contributed by atoms with Gasteiger partial charge in [0.15, 0.2) is 0 Å². The molecule has 1 fully saturated rings. The van der Waals surface area contributed by atoms with Crippen LogP contribution in [0.4, 0.5) is 0 Å². The van der Waals surface area contributed by atoms with E-state index in [1.165, 1.54) is 37.7 Å². The maximum atomic E-state index is 9.18. The highest BCUT2D eigenvalue weighted by Crippen LogP contribution is 2.40. The van der Waals surface area contributed by atoms with Crippen molar-refractivity contribution in [3.63, 3.8) is 0 Å². The molecule has 5 rings (SSSR count). The zero-order valence-corrected chi connectivity index (χ0v) is 17.0. The van der Waals surface area contributed by atoms with Gasteiger partial charge in [-0.3, -0.25) is 4.98 Å². The second-order valence-corrected chi connectivity index (χ2v) is 8.39. The average molecular weight is 431 g/mol. The van der Waals surface area contributed by atoms with Gasteiger partial charge in [-0.1, -0.05) is 31.4 Å². The molecule has 2 heterocycles. The zero-order chi connectivity index (χ0) is 19.1. The molecule has 4 heteroatoms. The van der Waals surface area contributed by atoms with Crippen LogP contribution in [-0.4, -0.2) is 4.98 Å². The Balaban J connectivity index is 1.68. The molecular formula is C24H19BrN2O. The first kappa shape index (κ1) is 17.5. The first-order valence-corrected chi connectivity index (χ1v) is 10.5. The van der Waals surface area contributed by atoms with Crippen LogP contribution < -0.4 is 0 Å². The molecule has 0 saturated heterocycles. The van der Waals surface area contributed by atoms with Gasteiger partial charge in [0.2, 0.25) is 0 Å². The number of hydrogen-bond donors (Lipinski definition) is 0. The minimum Gasteiger partial charge on any atom is -0.455 e. The van der Waals surface area contributed by atoms with Crippen LogP contribution in [0.2, 0.25) is 0 Å². The first-order valence-electron chi connectivity index (χ1n) is 9.76. The third-order valence-corrected chi connectivity index (χ3v) is 6.50. The number of fused-ring (bicyclic) bond motifs is 3. The molecule has 0 spiro atoms. The van der Waals surface area contributed by atoms with E-state index in [1.54, 1.807) is 0 Å². The third kappa shape index (κ3) is 2.91. The lowest BCUT2D eigenvalue weighted by Crippen LogP contribution is -2.06. The number of rotatable bonds is 2. The van der Waals surface area contributed by atoms with Crippen LogP contribution in [0.1, 0.15) is 49.1 Å². The van der Waals surface area contributed by atoms with Gasteiger partial charge in [0.05, 0.1) is 17.3 Å². The molecule has 0 radical (unpaired) electrons. The van der Waals surface area contributed by atoms with E-state index < -0.39 is 0 Å². The van der Waals surface area contributed by atoms with E-state index in [0.29, 0.717) is 11.5 Å². The number of halogens is 1. The summed E-state index contributed by atoms with van der Waals surface area (Å²) in [4.78, 5) is 4.70. The molecular weight excluding hydrogens is 412 g/mol. The van der Waals surface area contributed by atoms with Crippen LogP contribution >= 0.6 is 15.9 Å². The predicted molar refractivity (Wildman–Crippen MR) is 115 cm³/mol. The number of nitrogens with zero attached hydrogens (tertiary/aromatic N) is 2. The van der Waals surface area contributed by atoms with Gasteiger partial charge in [-0.25, -0.2) is 0 Å².